The topological polar surface area (TPSA) is 68.2 Å². The summed E-state index contributed by atoms with van der Waals surface area (Å²) in [5.41, 5.74) is 8.16. The third kappa shape index (κ3) is 5.25. The minimum absolute atomic E-state index is 0.0948. The van der Waals surface area contributed by atoms with Crippen LogP contribution >= 0.6 is 23.2 Å². The molecule has 0 spiro atoms. The van der Waals surface area contributed by atoms with Crippen molar-refractivity contribution in [3.8, 4) is 0 Å². The quantitative estimate of drug-likeness (QED) is 0.474. The Labute approximate surface area is 168 Å². The Balaban J connectivity index is 1.63. The molecule has 3 aromatic rings. The zero-order valence-electron chi connectivity index (χ0n) is 14.9. The average molecular weight is 402 g/mol. The third-order valence-electron chi connectivity index (χ3n) is 4.18. The van der Waals surface area contributed by atoms with Gasteiger partial charge in [-0.15, -0.1) is 0 Å². The molecule has 0 fully saturated rings. The van der Waals surface area contributed by atoms with Crippen LogP contribution in [-0.4, -0.2) is 15.5 Å². The van der Waals surface area contributed by atoms with Crippen molar-refractivity contribution in [2.75, 3.05) is 0 Å². The molecule has 0 aliphatic carbocycles. The van der Waals surface area contributed by atoms with Crippen molar-refractivity contribution in [1.29, 1.82) is 0 Å². The Bertz CT molecular complexity index is 921. The second-order valence-electron chi connectivity index (χ2n) is 6.19. The number of hydrogen-bond donors (Lipinski definition) is 2. The Morgan fingerprint density at radius 1 is 1.22 bits per heavy atom. The van der Waals surface area contributed by atoms with Gasteiger partial charge >= 0.3 is 0 Å². The highest BCUT2D eigenvalue weighted by atomic mass is 35.5. The zero-order valence-corrected chi connectivity index (χ0v) is 16.5. The molecule has 7 heteroatoms. The Morgan fingerprint density at radius 2 is 2.00 bits per heavy atom. The average Bonchev–Trinajstić information content (AvgIpc) is 3.07. The summed E-state index contributed by atoms with van der Waals surface area (Å²) in [5, 5.41) is 4.34. The van der Waals surface area contributed by atoms with Gasteiger partial charge in [-0.2, -0.15) is 0 Å². The van der Waals surface area contributed by atoms with Crippen LogP contribution < -0.4 is 11.1 Å². The van der Waals surface area contributed by atoms with Crippen LogP contribution in [0.5, 0.6) is 0 Å². The molecule has 0 saturated heterocycles. The highest BCUT2D eigenvalue weighted by molar-refractivity contribution is 6.35. The summed E-state index contributed by atoms with van der Waals surface area (Å²) in [6.45, 7) is 3.10. The van der Waals surface area contributed by atoms with Crippen LogP contribution in [0, 0.1) is 0 Å². The first kappa shape index (κ1) is 19.3. The molecule has 1 aromatic heterocycles. The number of benzene rings is 2. The lowest BCUT2D eigenvalue weighted by atomic mass is 10.1. The molecule has 27 heavy (non-hydrogen) atoms. The van der Waals surface area contributed by atoms with Crippen molar-refractivity contribution in [1.82, 2.24) is 14.9 Å². The Morgan fingerprint density at radius 3 is 2.74 bits per heavy atom. The second-order valence-corrected chi connectivity index (χ2v) is 7.03. The van der Waals surface area contributed by atoms with Crippen LogP contribution in [0.25, 0.3) is 0 Å². The predicted octanol–water partition coefficient (Wildman–Crippen LogP) is 4.40. The summed E-state index contributed by atoms with van der Waals surface area (Å²) < 4.78 is 2.06. The lowest BCUT2D eigenvalue weighted by Crippen LogP contribution is -2.34. The van der Waals surface area contributed by atoms with E-state index in [0.29, 0.717) is 22.5 Å². The van der Waals surface area contributed by atoms with E-state index in [-0.39, 0.29) is 6.04 Å². The van der Waals surface area contributed by atoms with Crippen LogP contribution in [0.1, 0.15) is 29.9 Å². The number of imidazole rings is 1. The smallest absolute Gasteiger partial charge is 0.189 e. The third-order valence-corrected chi connectivity index (χ3v) is 4.74. The Hall–Kier alpha value is -2.50. The molecule has 3 N–H and O–H groups in total. The number of guanidine groups is 1. The van der Waals surface area contributed by atoms with Crippen molar-refractivity contribution in [3.05, 3.63) is 87.9 Å². The van der Waals surface area contributed by atoms with Crippen molar-refractivity contribution < 1.29 is 0 Å². The lowest BCUT2D eigenvalue weighted by molar-refractivity contribution is 0.695. The van der Waals surface area contributed by atoms with Gasteiger partial charge in [-0.05, 0) is 30.2 Å². The number of nitrogens with zero attached hydrogens (tertiary/aromatic N) is 3. The molecule has 2 aromatic carbocycles. The van der Waals surface area contributed by atoms with Gasteiger partial charge in [0.15, 0.2) is 5.96 Å². The van der Waals surface area contributed by atoms with E-state index in [4.69, 9.17) is 28.9 Å². The molecule has 0 aliphatic heterocycles. The maximum absolute atomic E-state index is 6.25. The van der Waals surface area contributed by atoms with E-state index in [0.717, 1.165) is 17.9 Å². The highest BCUT2D eigenvalue weighted by Gasteiger charge is 2.11. The molecule has 3 rings (SSSR count). The number of nitrogens with one attached hydrogen (secondary N) is 1. The first-order chi connectivity index (χ1) is 13.0. The monoisotopic (exact) mass is 401 g/mol. The second kappa shape index (κ2) is 8.93. The molecule has 1 heterocycles. The van der Waals surface area contributed by atoms with Gasteiger partial charge in [-0.1, -0.05) is 59.6 Å². The molecular weight excluding hydrogens is 381 g/mol. The van der Waals surface area contributed by atoms with Crippen LogP contribution in [-0.2, 0) is 13.1 Å². The standard InChI is InChI=1S/C20H21Cl2N5/c1-14(17-8-7-16(21)11-18(17)22)26-20(23)25-12-19-24-9-10-27(19)13-15-5-3-2-4-6-15/h2-11,14H,12-13H2,1H3,(H3,23,25,26). The number of nitrogens with two attached hydrogens (primary N) is 1. The summed E-state index contributed by atoms with van der Waals surface area (Å²) in [7, 11) is 0. The molecular formula is C20H21Cl2N5. The summed E-state index contributed by atoms with van der Waals surface area (Å²) in [5.74, 6) is 1.18. The van der Waals surface area contributed by atoms with Crippen molar-refractivity contribution >= 4 is 29.2 Å². The van der Waals surface area contributed by atoms with Gasteiger partial charge in [0.2, 0.25) is 0 Å². The van der Waals surface area contributed by atoms with E-state index in [1.807, 2.05) is 37.4 Å². The Kier molecular flexibility index (Phi) is 6.37. The normalized spacial score (nSPS) is 12.8. The summed E-state index contributed by atoms with van der Waals surface area (Å²) >= 11 is 12.2. The minimum Gasteiger partial charge on any atom is -0.370 e. The van der Waals surface area contributed by atoms with E-state index < -0.39 is 0 Å². The molecule has 0 bridgehead atoms. The van der Waals surface area contributed by atoms with Crippen LogP contribution in [0.15, 0.2) is 65.9 Å². The first-order valence-electron chi connectivity index (χ1n) is 8.58. The van der Waals surface area contributed by atoms with E-state index >= 15 is 0 Å². The van der Waals surface area contributed by atoms with Gasteiger partial charge in [0.1, 0.15) is 12.4 Å². The molecule has 0 radical (unpaired) electrons. The number of aliphatic imine (C=N–C) groups is 1. The zero-order chi connectivity index (χ0) is 19.2. The first-order valence-corrected chi connectivity index (χ1v) is 9.34. The van der Waals surface area contributed by atoms with Gasteiger partial charge in [-0.25, -0.2) is 9.98 Å². The van der Waals surface area contributed by atoms with Crippen LogP contribution in [0.2, 0.25) is 10.0 Å². The van der Waals surface area contributed by atoms with Gasteiger partial charge in [0.25, 0.3) is 0 Å². The molecule has 140 valence electrons. The highest BCUT2D eigenvalue weighted by Crippen LogP contribution is 2.25. The minimum atomic E-state index is -0.0948. The summed E-state index contributed by atoms with van der Waals surface area (Å²) in [4.78, 5) is 8.79. The number of aromatic nitrogens is 2. The fourth-order valence-electron chi connectivity index (χ4n) is 2.77. The fraction of sp³-hybridized carbons (Fsp3) is 0.200. The molecule has 5 nitrogen and oxygen atoms in total. The molecule has 1 atom stereocenters. The maximum Gasteiger partial charge on any atom is 0.189 e. The van der Waals surface area contributed by atoms with Crippen molar-refractivity contribution in [2.45, 2.75) is 26.1 Å². The van der Waals surface area contributed by atoms with E-state index in [9.17, 15) is 0 Å². The lowest BCUT2D eigenvalue weighted by Gasteiger charge is -2.16. The van der Waals surface area contributed by atoms with Gasteiger partial charge in [-0.3, -0.25) is 0 Å². The van der Waals surface area contributed by atoms with E-state index in [1.54, 1.807) is 18.3 Å². The van der Waals surface area contributed by atoms with E-state index in [2.05, 4.69) is 32.0 Å². The van der Waals surface area contributed by atoms with Gasteiger partial charge < -0.3 is 15.6 Å². The van der Waals surface area contributed by atoms with Gasteiger partial charge in [0.05, 0.1) is 6.04 Å². The largest absolute Gasteiger partial charge is 0.370 e. The van der Waals surface area contributed by atoms with Crippen LogP contribution in [0.3, 0.4) is 0 Å². The van der Waals surface area contributed by atoms with Crippen molar-refractivity contribution in [3.63, 3.8) is 0 Å². The molecule has 0 amide bonds. The maximum atomic E-state index is 6.25. The molecule has 0 aliphatic rings. The number of rotatable bonds is 6. The SMILES string of the molecule is CC(NC(N)=NCc1nccn1Cc1ccccc1)c1ccc(Cl)cc1Cl. The predicted molar refractivity (Wildman–Crippen MR) is 111 cm³/mol. The summed E-state index contributed by atoms with van der Waals surface area (Å²) in [6.07, 6.45) is 3.71. The number of halogens is 2. The molecule has 0 saturated carbocycles. The fourth-order valence-corrected chi connectivity index (χ4v) is 3.34. The number of hydrogen-bond acceptors (Lipinski definition) is 2. The molecule has 1 unspecified atom stereocenters. The summed E-state index contributed by atoms with van der Waals surface area (Å²) in [6, 6.07) is 15.5. The van der Waals surface area contributed by atoms with Crippen LogP contribution in [0.4, 0.5) is 0 Å². The van der Waals surface area contributed by atoms with Gasteiger partial charge in [0, 0.05) is 29.0 Å². The van der Waals surface area contributed by atoms with Crippen molar-refractivity contribution in [2.24, 2.45) is 10.7 Å². The van der Waals surface area contributed by atoms with E-state index in [1.165, 1.54) is 5.56 Å².